The number of nitrogens with one attached hydrogen (secondary N) is 1. The van der Waals surface area contributed by atoms with Crippen LogP contribution in [0.5, 0.6) is 11.5 Å². The third-order valence-electron chi connectivity index (χ3n) is 4.94. The third kappa shape index (κ3) is 6.25. The van der Waals surface area contributed by atoms with Crippen molar-refractivity contribution < 1.29 is 14.3 Å². The largest absolute Gasteiger partial charge is 0.457 e. The molecule has 0 atom stereocenters. The van der Waals surface area contributed by atoms with Crippen LogP contribution in [0.25, 0.3) is 0 Å². The number of rotatable bonds is 7. The summed E-state index contributed by atoms with van der Waals surface area (Å²) in [5, 5.41) is 4.08. The molecule has 0 spiro atoms. The van der Waals surface area contributed by atoms with Gasteiger partial charge >= 0.3 is 0 Å². The summed E-state index contributed by atoms with van der Waals surface area (Å²) in [7, 11) is 0. The number of amides is 1. The van der Waals surface area contributed by atoms with Gasteiger partial charge in [-0.25, -0.2) is 5.43 Å². The Morgan fingerprint density at radius 3 is 2.48 bits per heavy atom. The first-order valence-corrected chi connectivity index (χ1v) is 10.3. The number of benzene rings is 3. The molecule has 0 unspecified atom stereocenters. The van der Waals surface area contributed by atoms with Crippen LogP contribution in [0.4, 0.5) is 0 Å². The highest BCUT2D eigenvalue weighted by Gasteiger charge is 2.11. The van der Waals surface area contributed by atoms with Gasteiger partial charge in [0.2, 0.25) is 0 Å². The van der Waals surface area contributed by atoms with Crippen molar-refractivity contribution in [3.8, 4) is 11.5 Å². The van der Waals surface area contributed by atoms with E-state index in [2.05, 4.69) is 15.4 Å². The molecule has 4 rings (SSSR count). The first-order valence-electron chi connectivity index (χ1n) is 10.3. The summed E-state index contributed by atoms with van der Waals surface area (Å²) in [6.07, 6.45) is 1.60. The lowest BCUT2D eigenvalue weighted by molar-refractivity contribution is 0.0342. The second-order valence-electron chi connectivity index (χ2n) is 7.27. The standard InChI is InChI=1S/C25H25N3O3/c29-25(22-11-9-20(10-12-22)19-28-13-15-30-16-14-28)27-26-18-21-5-4-8-24(17-21)31-23-6-2-1-3-7-23/h1-12,17-18H,13-16,19H2,(H,27,29)/b26-18+. The van der Waals surface area contributed by atoms with Gasteiger partial charge in [-0.1, -0.05) is 42.5 Å². The Bertz CT molecular complexity index is 1010. The summed E-state index contributed by atoms with van der Waals surface area (Å²) in [6, 6.07) is 24.7. The quantitative estimate of drug-likeness (QED) is 0.467. The van der Waals surface area contributed by atoms with Crippen molar-refractivity contribution in [2.45, 2.75) is 6.54 Å². The predicted molar refractivity (Wildman–Crippen MR) is 121 cm³/mol. The molecule has 6 nitrogen and oxygen atoms in total. The molecule has 158 valence electrons. The van der Waals surface area contributed by atoms with Gasteiger partial charge in [-0.2, -0.15) is 5.10 Å². The summed E-state index contributed by atoms with van der Waals surface area (Å²) in [5.74, 6) is 1.23. The van der Waals surface area contributed by atoms with E-state index < -0.39 is 0 Å². The molecular formula is C25H25N3O3. The Labute approximate surface area is 182 Å². The molecule has 1 fully saturated rings. The molecule has 1 aliphatic heterocycles. The Balaban J connectivity index is 1.30. The van der Waals surface area contributed by atoms with Gasteiger partial charge in [0, 0.05) is 25.2 Å². The molecule has 1 N–H and O–H groups in total. The number of hydrogen-bond acceptors (Lipinski definition) is 5. The Kier molecular flexibility index (Phi) is 7.05. The first kappa shape index (κ1) is 20.8. The summed E-state index contributed by atoms with van der Waals surface area (Å²) in [5.41, 5.74) is 5.16. The molecule has 1 heterocycles. The minimum absolute atomic E-state index is 0.245. The monoisotopic (exact) mass is 415 g/mol. The van der Waals surface area contributed by atoms with Gasteiger partial charge in [0.15, 0.2) is 0 Å². The lowest BCUT2D eigenvalue weighted by Crippen LogP contribution is -2.35. The van der Waals surface area contributed by atoms with Gasteiger partial charge in [-0.15, -0.1) is 0 Å². The van der Waals surface area contributed by atoms with E-state index in [-0.39, 0.29) is 5.91 Å². The molecule has 3 aromatic rings. The molecule has 1 aliphatic rings. The van der Waals surface area contributed by atoms with Crippen LogP contribution in [-0.4, -0.2) is 43.3 Å². The van der Waals surface area contributed by atoms with Crippen molar-refractivity contribution in [3.63, 3.8) is 0 Å². The van der Waals surface area contributed by atoms with Crippen molar-refractivity contribution in [2.75, 3.05) is 26.3 Å². The molecule has 6 heteroatoms. The number of carbonyl (C=O) groups excluding carboxylic acids is 1. The molecule has 0 aromatic heterocycles. The van der Waals surface area contributed by atoms with E-state index in [1.807, 2.05) is 78.9 Å². The lowest BCUT2D eigenvalue weighted by atomic mass is 10.1. The zero-order chi connectivity index (χ0) is 21.3. The third-order valence-corrected chi connectivity index (χ3v) is 4.94. The summed E-state index contributed by atoms with van der Waals surface area (Å²) in [6.45, 7) is 4.30. The number of carbonyl (C=O) groups is 1. The molecule has 0 radical (unpaired) electrons. The van der Waals surface area contributed by atoms with Crippen LogP contribution in [0.2, 0.25) is 0 Å². The van der Waals surface area contributed by atoms with E-state index in [4.69, 9.17) is 9.47 Å². The Hall–Kier alpha value is -3.48. The number of nitrogens with zero attached hydrogens (tertiary/aromatic N) is 2. The first-order chi connectivity index (χ1) is 15.3. The molecule has 1 saturated heterocycles. The number of hydrogen-bond donors (Lipinski definition) is 1. The highest BCUT2D eigenvalue weighted by molar-refractivity contribution is 5.94. The van der Waals surface area contributed by atoms with Gasteiger partial charge in [0.25, 0.3) is 5.91 Å². The lowest BCUT2D eigenvalue weighted by Gasteiger charge is -2.26. The van der Waals surface area contributed by atoms with Crippen LogP contribution in [0, 0.1) is 0 Å². The SMILES string of the molecule is O=C(N/N=C/c1cccc(Oc2ccccc2)c1)c1ccc(CN2CCOCC2)cc1. The number of hydrazone groups is 1. The zero-order valence-corrected chi connectivity index (χ0v) is 17.2. The van der Waals surface area contributed by atoms with E-state index in [1.165, 1.54) is 5.56 Å². The fourth-order valence-electron chi connectivity index (χ4n) is 3.29. The number of ether oxygens (including phenoxy) is 2. The minimum atomic E-state index is -0.245. The van der Waals surface area contributed by atoms with Gasteiger partial charge in [-0.3, -0.25) is 9.69 Å². The smallest absolute Gasteiger partial charge is 0.271 e. The number of para-hydroxylation sites is 1. The number of morpholine rings is 1. The van der Waals surface area contributed by atoms with Crippen LogP contribution in [0.3, 0.4) is 0 Å². The maximum absolute atomic E-state index is 12.4. The molecule has 1 amide bonds. The second kappa shape index (κ2) is 10.5. The van der Waals surface area contributed by atoms with Gasteiger partial charge in [-0.05, 0) is 47.5 Å². The maximum atomic E-state index is 12.4. The molecule has 0 bridgehead atoms. The van der Waals surface area contributed by atoms with Crippen molar-refractivity contribution >= 4 is 12.1 Å². The van der Waals surface area contributed by atoms with Crippen molar-refractivity contribution in [1.29, 1.82) is 0 Å². The van der Waals surface area contributed by atoms with E-state index in [9.17, 15) is 4.79 Å². The van der Waals surface area contributed by atoms with E-state index >= 15 is 0 Å². The Morgan fingerprint density at radius 2 is 1.71 bits per heavy atom. The fraction of sp³-hybridized carbons (Fsp3) is 0.200. The van der Waals surface area contributed by atoms with Crippen molar-refractivity contribution in [1.82, 2.24) is 10.3 Å². The van der Waals surface area contributed by atoms with Crippen molar-refractivity contribution in [3.05, 3.63) is 95.6 Å². The topological polar surface area (TPSA) is 63.2 Å². The minimum Gasteiger partial charge on any atom is -0.457 e. The van der Waals surface area contributed by atoms with E-state index in [0.717, 1.165) is 44.2 Å². The van der Waals surface area contributed by atoms with Gasteiger partial charge < -0.3 is 9.47 Å². The van der Waals surface area contributed by atoms with Crippen LogP contribution < -0.4 is 10.2 Å². The van der Waals surface area contributed by atoms with Crippen LogP contribution in [0.15, 0.2) is 84.0 Å². The second-order valence-corrected chi connectivity index (χ2v) is 7.27. The maximum Gasteiger partial charge on any atom is 0.271 e. The summed E-state index contributed by atoms with van der Waals surface area (Å²) in [4.78, 5) is 14.7. The highest BCUT2D eigenvalue weighted by atomic mass is 16.5. The van der Waals surface area contributed by atoms with Gasteiger partial charge in [0.05, 0.1) is 19.4 Å². The fourth-order valence-corrected chi connectivity index (χ4v) is 3.29. The average Bonchev–Trinajstić information content (AvgIpc) is 2.81. The van der Waals surface area contributed by atoms with Crippen LogP contribution in [-0.2, 0) is 11.3 Å². The van der Waals surface area contributed by atoms with Crippen LogP contribution in [0.1, 0.15) is 21.5 Å². The van der Waals surface area contributed by atoms with E-state index in [0.29, 0.717) is 11.3 Å². The normalized spacial score (nSPS) is 14.5. The van der Waals surface area contributed by atoms with Crippen LogP contribution >= 0.6 is 0 Å². The predicted octanol–water partition coefficient (Wildman–Crippen LogP) is 4.08. The average molecular weight is 415 g/mol. The molecule has 0 saturated carbocycles. The molecule has 31 heavy (non-hydrogen) atoms. The molecule has 0 aliphatic carbocycles. The van der Waals surface area contributed by atoms with E-state index in [1.54, 1.807) is 6.21 Å². The van der Waals surface area contributed by atoms with Gasteiger partial charge in [0.1, 0.15) is 11.5 Å². The Morgan fingerprint density at radius 1 is 0.968 bits per heavy atom. The summed E-state index contributed by atoms with van der Waals surface area (Å²) < 4.78 is 11.2. The summed E-state index contributed by atoms with van der Waals surface area (Å²) >= 11 is 0. The zero-order valence-electron chi connectivity index (χ0n) is 17.2. The molecule has 3 aromatic carbocycles. The molecular weight excluding hydrogens is 390 g/mol. The van der Waals surface area contributed by atoms with Crippen molar-refractivity contribution in [2.24, 2.45) is 5.10 Å². The highest BCUT2D eigenvalue weighted by Crippen LogP contribution is 2.21.